The Morgan fingerprint density at radius 2 is 0.476 bits per heavy atom. The molecule has 0 bridgehead atoms. The lowest BCUT2D eigenvalue weighted by Crippen LogP contribution is -2.30. The Kier molecular flexibility index (Phi) is 63.5. The van der Waals surface area contributed by atoms with Crippen LogP contribution in [0.4, 0.5) is 0 Å². The van der Waals surface area contributed by atoms with E-state index in [1.807, 2.05) is 0 Å². The Morgan fingerprint density at radius 3 is 0.756 bits per heavy atom. The maximum absolute atomic E-state index is 12.9. The van der Waals surface area contributed by atoms with E-state index in [-0.39, 0.29) is 31.1 Å². The van der Waals surface area contributed by atoms with Gasteiger partial charge in [-0.2, -0.15) is 0 Å². The van der Waals surface area contributed by atoms with Crippen molar-refractivity contribution in [3.05, 3.63) is 182 Å². The van der Waals surface area contributed by atoms with E-state index in [1.165, 1.54) is 32.1 Å². The zero-order chi connectivity index (χ0) is 59.2. The van der Waals surface area contributed by atoms with Crippen LogP contribution in [-0.4, -0.2) is 37.2 Å². The van der Waals surface area contributed by atoms with Crippen LogP contribution in [0.1, 0.15) is 258 Å². The predicted molar refractivity (Wildman–Crippen MR) is 357 cm³/mol. The number of allylic oxidation sites excluding steroid dienone is 30. The van der Waals surface area contributed by atoms with Crippen molar-refractivity contribution >= 4 is 17.9 Å². The number of ether oxygens (including phenoxy) is 3. The molecule has 0 saturated carbocycles. The Balaban J connectivity index is 4.51. The van der Waals surface area contributed by atoms with Crippen molar-refractivity contribution < 1.29 is 28.6 Å². The highest BCUT2D eigenvalue weighted by molar-refractivity contribution is 5.71. The molecule has 0 aromatic rings. The third kappa shape index (κ3) is 65.3. The first kappa shape index (κ1) is 76.5. The lowest BCUT2D eigenvalue weighted by atomic mass is 10.1. The monoisotopic (exact) mass is 1130 g/mol. The molecule has 0 aliphatic carbocycles. The van der Waals surface area contributed by atoms with E-state index in [4.69, 9.17) is 14.2 Å². The molecule has 6 nitrogen and oxygen atoms in total. The van der Waals surface area contributed by atoms with Crippen molar-refractivity contribution in [2.45, 2.75) is 264 Å². The third-order valence-electron chi connectivity index (χ3n) is 13.1. The largest absolute Gasteiger partial charge is 0.462 e. The lowest BCUT2D eigenvalue weighted by molar-refractivity contribution is -0.167. The molecule has 0 heterocycles. The average Bonchev–Trinajstić information content (AvgIpc) is 3.47. The topological polar surface area (TPSA) is 78.9 Å². The first-order valence-electron chi connectivity index (χ1n) is 32.8. The summed E-state index contributed by atoms with van der Waals surface area (Å²) in [6, 6.07) is 0. The van der Waals surface area contributed by atoms with E-state index in [9.17, 15) is 14.4 Å². The number of hydrogen-bond acceptors (Lipinski definition) is 6. The number of carbonyl (C=O) groups excluding carboxylic acids is 3. The second kappa shape index (κ2) is 68.0. The van der Waals surface area contributed by atoms with E-state index >= 15 is 0 Å². The van der Waals surface area contributed by atoms with Crippen LogP contribution < -0.4 is 0 Å². The van der Waals surface area contributed by atoms with E-state index in [0.717, 1.165) is 186 Å². The van der Waals surface area contributed by atoms with Crippen LogP contribution in [0.25, 0.3) is 0 Å². The zero-order valence-corrected chi connectivity index (χ0v) is 52.4. The third-order valence-corrected chi connectivity index (χ3v) is 13.1. The molecule has 82 heavy (non-hydrogen) atoms. The summed E-state index contributed by atoms with van der Waals surface area (Å²) < 4.78 is 16.9. The van der Waals surface area contributed by atoms with Crippen molar-refractivity contribution in [2.75, 3.05) is 13.2 Å². The van der Waals surface area contributed by atoms with Gasteiger partial charge in [0.05, 0.1) is 0 Å². The molecule has 1 atom stereocenters. The molecule has 6 heteroatoms. The standard InChI is InChI=1S/C76H118O6/c1-4-7-10-13-16-19-22-25-28-30-32-34-36-38-40-42-44-46-48-51-54-57-60-63-66-69-75(78)81-72-73(71-80-74(77)68-65-62-59-56-53-50-27-24-21-18-15-12-9-6-3)82-76(79)70-67-64-61-58-55-52-49-47-45-43-41-39-37-35-33-31-29-26-23-20-17-14-11-8-5-2/h7-8,10-11,15-20,24-29,32-35,38-41,44-47,51,54,73H,4-6,9,12-14,21-23,30-31,36-37,42-43,48-50,52-53,55-72H2,1-3H3/b10-7-,11-8-,18-15-,19-16-,20-17-,27-24-,28-25-,29-26-,34-32-,35-33-,40-38-,41-39-,46-44-,47-45-,54-51-. The van der Waals surface area contributed by atoms with Crippen LogP contribution in [0.2, 0.25) is 0 Å². The molecule has 0 spiro atoms. The summed E-state index contributed by atoms with van der Waals surface area (Å²) in [5.74, 6) is -0.979. The number of esters is 3. The first-order valence-corrected chi connectivity index (χ1v) is 32.8. The van der Waals surface area contributed by atoms with Gasteiger partial charge in [-0.1, -0.05) is 267 Å². The van der Waals surface area contributed by atoms with Gasteiger partial charge in [-0.3, -0.25) is 14.4 Å². The van der Waals surface area contributed by atoms with Crippen LogP contribution in [0.3, 0.4) is 0 Å². The van der Waals surface area contributed by atoms with E-state index in [2.05, 4.69) is 203 Å². The van der Waals surface area contributed by atoms with Gasteiger partial charge in [-0.25, -0.2) is 0 Å². The summed E-state index contributed by atoms with van der Waals surface area (Å²) in [6.07, 6.45) is 102. The van der Waals surface area contributed by atoms with E-state index in [1.54, 1.807) is 0 Å². The van der Waals surface area contributed by atoms with E-state index < -0.39 is 6.10 Å². The Labute approximate surface area is 504 Å². The zero-order valence-electron chi connectivity index (χ0n) is 52.4. The highest BCUT2D eigenvalue weighted by Gasteiger charge is 2.19. The fourth-order valence-electron chi connectivity index (χ4n) is 8.26. The quantitative estimate of drug-likeness (QED) is 0.0261. The molecule has 1 unspecified atom stereocenters. The molecule has 0 radical (unpaired) electrons. The molecule has 0 fully saturated rings. The summed E-state index contributed by atoms with van der Waals surface area (Å²) in [5, 5.41) is 0. The molecule has 0 N–H and O–H groups in total. The fourth-order valence-corrected chi connectivity index (χ4v) is 8.26. The van der Waals surface area contributed by atoms with E-state index in [0.29, 0.717) is 19.3 Å². The maximum atomic E-state index is 12.9. The summed E-state index contributed by atoms with van der Waals surface area (Å²) in [7, 11) is 0. The van der Waals surface area contributed by atoms with Gasteiger partial charge < -0.3 is 14.2 Å². The molecule has 0 aromatic heterocycles. The average molecular weight is 1130 g/mol. The van der Waals surface area contributed by atoms with Gasteiger partial charge in [0.25, 0.3) is 0 Å². The first-order chi connectivity index (χ1) is 40.5. The molecule has 0 aliphatic rings. The van der Waals surface area contributed by atoms with Gasteiger partial charge in [0.2, 0.25) is 0 Å². The molecule has 0 saturated heterocycles. The highest BCUT2D eigenvalue weighted by Crippen LogP contribution is 2.13. The molecule has 0 aliphatic heterocycles. The normalized spacial score (nSPS) is 13.4. The molecular weight excluding hydrogens is 1010 g/mol. The molecule has 0 amide bonds. The number of rotatable bonds is 57. The minimum atomic E-state index is -0.819. The number of hydrogen-bond donors (Lipinski definition) is 0. The maximum Gasteiger partial charge on any atom is 0.306 e. The van der Waals surface area contributed by atoms with Crippen LogP contribution >= 0.6 is 0 Å². The number of carbonyl (C=O) groups is 3. The number of unbranched alkanes of at least 4 members (excludes halogenated alkanes) is 16. The molecule has 458 valence electrons. The lowest BCUT2D eigenvalue weighted by Gasteiger charge is -2.18. The van der Waals surface area contributed by atoms with Crippen molar-refractivity contribution in [1.82, 2.24) is 0 Å². The van der Waals surface area contributed by atoms with Crippen molar-refractivity contribution in [2.24, 2.45) is 0 Å². The Morgan fingerprint density at radius 1 is 0.256 bits per heavy atom. The van der Waals surface area contributed by atoms with Gasteiger partial charge in [0, 0.05) is 19.3 Å². The molecule has 0 rings (SSSR count). The predicted octanol–water partition coefficient (Wildman–Crippen LogP) is 22.8. The van der Waals surface area contributed by atoms with Crippen LogP contribution in [0.15, 0.2) is 182 Å². The van der Waals surface area contributed by atoms with Gasteiger partial charge in [0.15, 0.2) is 6.10 Å². The second-order valence-electron chi connectivity index (χ2n) is 20.9. The van der Waals surface area contributed by atoms with Gasteiger partial charge in [-0.05, 0) is 154 Å². The summed E-state index contributed by atoms with van der Waals surface area (Å²) in [4.78, 5) is 38.4. The Hall–Kier alpha value is -5.49. The molecule has 0 aromatic carbocycles. The fraction of sp³-hybridized carbons (Fsp3) is 0.566. The summed E-state index contributed by atoms with van der Waals surface area (Å²) >= 11 is 0. The van der Waals surface area contributed by atoms with Crippen LogP contribution in [0.5, 0.6) is 0 Å². The van der Waals surface area contributed by atoms with Gasteiger partial charge >= 0.3 is 17.9 Å². The van der Waals surface area contributed by atoms with Crippen LogP contribution in [-0.2, 0) is 28.6 Å². The second-order valence-corrected chi connectivity index (χ2v) is 20.9. The minimum absolute atomic E-state index is 0.111. The summed E-state index contributed by atoms with van der Waals surface area (Å²) in [5.41, 5.74) is 0. The smallest absolute Gasteiger partial charge is 0.306 e. The minimum Gasteiger partial charge on any atom is -0.462 e. The summed E-state index contributed by atoms with van der Waals surface area (Å²) in [6.45, 7) is 6.31. The Bertz CT molecular complexity index is 1920. The van der Waals surface area contributed by atoms with Crippen molar-refractivity contribution in [3.8, 4) is 0 Å². The van der Waals surface area contributed by atoms with Gasteiger partial charge in [0.1, 0.15) is 13.2 Å². The SMILES string of the molecule is CC/C=C\C/C=C\C/C=C\C/C=C\C/C=C\C/C=C\C/C=C\CCCCCC(=O)OCC(COC(=O)CCCCCCC/C=C\C/C=C\CCCC)OC(=O)CCCCCCCC/C=C\C/C=C\C/C=C\C/C=C\C/C=C\C/C=C\CC. The van der Waals surface area contributed by atoms with Crippen LogP contribution in [0, 0.1) is 0 Å². The highest BCUT2D eigenvalue weighted by atomic mass is 16.6. The van der Waals surface area contributed by atoms with Crippen molar-refractivity contribution in [3.63, 3.8) is 0 Å². The molecular formula is C76H118O6. The van der Waals surface area contributed by atoms with Crippen molar-refractivity contribution in [1.29, 1.82) is 0 Å². The van der Waals surface area contributed by atoms with Gasteiger partial charge in [-0.15, -0.1) is 0 Å².